The van der Waals surface area contributed by atoms with E-state index in [1.165, 1.54) is 16.2 Å². The van der Waals surface area contributed by atoms with Crippen molar-refractivity contribution in [2.75, 3.05) is 26.2 Å². The number of rotatable bonds is 22. The second kappa shape index (κ2) is 27.7. The van der Waals surface area contributed by atoms with Crippen LogP contribution in [0.3, 0.4) is 0 Å². The molecule has 0 radical (unpaired) electrons. The van der Waals surface area contributed by atoms with Crippen molar-refractivity contribution in [3.05, 3.63) is 143 Å². The summed E-state index contributed by atoms with van der Waals surface area (Å²) in [6.45, 7) is 7.40. The number of carbonyl (C=O) groups excluding carboxylic acids is 5. The Hall–Kier alpha value is -8.51. The first-order valence-electron chi connectivity index (χ1n) is 30.4. The smallest absolute Gasteiger partial charge is 0.258 e. The summed E-state index contributed by atoms with van der Waals surface area (Å²) in [7, 11) is 0. The lowest BCUT2D eigenvalue weighted by molar-refractivity contribution is -0.145. The second-order valence-corrected chi connectivity index (χ2v) is 25.2. The number of aliphatic hydroxyl groups excluding tert-OH is 2. The Morgan fingerprint density at radius 1 is 0.841 bits per heavy atom. The number of ether oxygens (including phenoxy) is 1. The number of halogens is 1. The number of likely N-dealkylation sites (tertiary alicyclic amines) is 1. The van der Waals surface area contributed by atoms with E-state index in [1.807, 2.05) is 66.1 Å². The predicted octanol–water partition coefficient (Wildman–Crippen LogP) is 8.44. The molecule has 460 valence electrons. The summed E-state index contributed by atoms with van der Waals surface area (Å²) < 4.78 is 25.0. The molecule has 18 nitrogen and oxygen atoms in total. The van der Waals surface area contributed by atoms with Crippen molar-refractivity contribution in [2.45, 2.75) is 147 Å². The van der Waals surface area contributed by atoms with Crippen molar-refractivity contribution in [3.8, 4) is 50.4 Å². The van der Waals surface area contributed by atoms with Gasteiger partial charge in [-0.15, -0.1) is 11.3 Å². The molecule has 7 aromatic rings. The number of nitrogens with one attached hydrogen (secondary N) is 5. The van der Waals surface area contributed by atoms with Gasteiger partial charge >= 0.3 is 0 Å². The highest BCUT2D eigenvalue weighted by Gasteiger charge is 2.53. The zero-order valence-corrected chi connectivity index (χ0v) is 51.1. The molecule has 0 bridgehead atoms. The maximum Gasteiger partial charge on any atom is 0.258 e. The number of aryl methyl sites for hydroxylation is 1. The third-order valence-corrected chi connectivity index (χ3v) is 17.6. The Morgan fingerprint density at radius 3 is 2.25 bits per heavy atom. The molecule has 20 heteroatoms. The normalized spacial score (nSPS) is 18.2. The SMILES string of the molecule is Cc1ncsc1-c1ccc(CNC(=O)[C@@H]2C[C@@H](O)CN2C(=O)[C@@H](NC(=O)C2(F)CC2)C(C)(C)C)c(OCC(=O)NCCNC(=O)CCCCC#Cc2cccc(Cn3c(-c4ccccc4)c(-c4ccccc4)c4c(=N)n(C5CCC(O)CC5)cnc43)c2)c1. The van der Waals surface area contributed by atoms with Gasteiger partial charge in [-0.05, 0) is 104 Å². The van der Waals surface area contributed by atoms with Gasteiger partial charge in [0.25, 0.3) is 11.8 Å². The van der Waals surface area contributed by atoms with Gasteiger partial charge in [0.1, 0.15) is 29.0 Å². The molecule has 88 heavy (non-hydrogen) atoms. The van der Waals surface area contributed by atoms with Crippen LogP contribution in [0.5, 0.6) is 5.75 Å². The molecule has 5 amide bonds. The van der Waals surface area contributed by atoms with Crippen LogP contribution in [0.4, 0.5) is 4.39 Å². The molecule has 3 aromatic heterocycles. The summed E-state index contributed by atoms with van der Waals surface area (Å²) in [5, 5.41) is 42.5. The molecule has 3 aliphatic rings. The van der Waals surface area contributed by atoms with E-state index < -0.39 is 52.9 Å². The third-order valence-electron chi connectivity index (χ3n) is 16.7. The molecule has 7 N–H and O–H groups in total. The Bertz CT molecular complexity index is 3800. The first-order valence-corrected chi connectivity index (χ1v) is 31.2. The molecule has 4 heterocycles. The van der Waals surface area contributed by atoms with Crippen molar-refractivity contribution in [2.24, 2.45) is 5.41 Å². The van der Waals surface area contributed by atoms with Crippen LogP contribution in [0.25, 0.3) is 43.9 Å². The standard InChI is InChI=1S/C68H77FN10O8S/c1-43-60(88-42-75-43)48-24-25-49(37-73-64(84)53-36-52(81)39-77(53)65(85)61(67(2,3)4)76-66(86)68(69)30-31-68)54(35-48)87-40-56(83)72-33-32-71-55(82)23-14-6-5-9-16-44-17-15-18-45(34-44)38-78-59(47-21-12-8-13-22-47)57(46-19-10-7-11-20-46)58-62(70)79(41-74-63(58)78)50-26-28-51(80)29-27-50/h7-8,10-13,15,17-22,24-25,34-35,41-42,50-53,61,70,80-81H,5-6,14,23,26-33,36-40H2,1-4H3,(H,71,82)(H,72,83)(H,73,84)(H,76,86)/t50?,51?,52-,53+,61-/m1/s1. The molecule has 1 saturated heterocycles. The number of aromatic nitrogens is 4. The van der Waals surface area contributed by atoms with Crippen molar-refractivity contribution in [1.82, 2.24) is 45.3 Å². The van der Waals surface area contributed by atoms with Gasteiger partial charge in [0.15, 0.2) is 12.3 Å². The fourth-order valence-electron chi connectivity index (χ4n) is 11.7. The Balaban J connectivity index is 0.702. The van der Waals surface area contributed by atoms with Crippen LogP contribution in [-0.2, 0) is 37.1 Å². The van der Waals surface area contributed by atoms with Crippen molar-refractivity contribution in [3.63, 3.8) is 0 Å². The quantitative estimate of drug-likeness (QED) is 0.0252. The Labute approximate surface area is 515 Å². The number of hydrogen-bond donors (Lipinski definition) is 7. The van der Waals surface area contributed by atoms with Gasteiger partial charge in [-0.3, -0.25) is 29.4 Å². The molecule has 3 fully saturated rings. The number of carbonyl (C=O) groups is 5. The van der Waals surface area contributed by atoms with Crippen LogP contribution in [-0.4, -0.2) is 120 Å². The minimum atomic E-state index is -2.01. The van der Waals surface area contributed by atoms with Crippen LogP contribution >= 0.6 is 11.3 Å². The second-order valence-electron chi connectivity index (χ2n) is 24.3. The van der Waals surface area contributed by atoms with Gasteiger partial charge < -0.3 is 50.3 Å². The van der Waals surface area contributed by atoms with Crippen LogP contribution in [0.2, 0.25) is 0 Å². The predicted molar refractivity (Wildman–Crippen MR) is 335 cm³/mol. The van der Waals surface area contributed by atoms with Gasteiger partial charge in [0.05, 0.1) is 45.7 Å². The van der Waals surface area contributed by atoms with E-state index >= 15 is 0 Å². The van der Waals surface area contributed by atoms with Crippen LogP contribution in [0.15, 0.2) is 115 Å². The van der Waals surface area contributed by atoms with Gasteiger partial charge in [-0.1, -0.05) is 118 Å². The Kier molecular flexibility index (Phi) is 19.7. The molecule has 0 spiro atoms. The molecule has 4 aromatic carbocycles. The molecule has 2 aliphatic carbocycles. The fraction of sp³-hybridized carbons (Fsp3) is 0.412. The van der Waals surface area contributed by atoms with E-state index in [0.29, 0.717) is 61.9 Å². The number of unbranched alkanes of at least 4 members (excludes halogenated alkanes) is 2. The first kappa shape index (κ1) is 62.5. The molecule has 1 aliphatic heterocycles. The minimum Gasteiger partial charge on any atom is -0.483 e. The van der Waals surface area contributed by atoms with Gasteiger partial charge in [0, 0.05) is 74.7 Å². The molecular formula is C68H77FN10O8S. The molecule has 3 atom stereocenters. The zero-order chi connectivity index (χ0) is 62.1. The van der Waals surface area contributed by atoms with Crippen LogP contribution < -0.4 is 31.5 Å². The van der Waals surface area contributed by atoms with E-state index in [2.05, 4.69) is 79.1 Å². The van der Waals surface area contributed by atoms with E-state index in [1.54, 1.807) is 44.7 Å². The number of nitrogens with zero attached hydrogens (tertiary/aromatic N) is 5. The number of hydrogen-bond acceptors (Lipinski definition) is 12. The van der Waals surface area contributed by atoms with Gasteiger partial charge in [0.2, 0.25) is 17.7 Å². The monoisotopic (exact) mass is 1210 g/mol. The molecule has 10 rings (SSSR count). The zero-order valence-electron chi connectivity index (χ0n) is 50.2. The summed E-state index contributed by atoms with van der Waals surface area (Å²) in [4.78, 5) is 78.1. The molecule has 0 unspecified atom stereocenters. The number of fused-ring (bicyclic) bond motifs is 1. The number of alkyl halides is 1. The first-order chi connectivity index (χ1) is 42.3. The topological polar surface area (TPSA) is 246 Å². The number of amides is 5. The average Bonchev–Trinajstić information content (AvgIpc) is 2.19. The number of benzene rings is 4. The Morgan fingerprint density at radius 2 is 1.56 bits per heavy atom. The van der Waals surface area contributed by atoms with E-state index in [0.717, 1.165) is 73.5 Å². The summed E-state index contributed by atoms with van der Waals surface area (Å²) in [6.07, 6.45) is 5.83. The third kappa shape index (κ3) is 14.9. The molecular weight excluding hydrogens is 1140 g/mol. The lowest BCUT2D eigenvalue weighted by atomic mass is 9.85. The van der Waals surface area contributed by atoms with E-state index in [4.69, 9.17) is 9.72 Å². The minimum absolute atomic E-state index is 0.0379. The van der Waals surface area contributed by atoms with Crippen LogP contribution in [0, 0.1) is 29.6 Å². The number of thiazole rings is 1. The highest BCUT2D eigenvalue weighted by molar-refractivity contribution is 7.13. The number of β-amino-alcohol motifs (C(OH)–C–C–N with tert-alkyl or cyclic N) is 1. The van der Waals surface area contributed by atoms with Crippen LogP contribution in [0.1, 0.15) is 120 Å². The summed E-state index contributed by atoms with van der Waals surface area (Å²) in [5.41, 5.74) is 8.02. The lowest BCUT2D eigenvalue weighted by Crippen LogP contribution is -2.59. The van der Waals surface area contributed by atoms with E-state index in [9.17, 15) is 44.0 Å². The maximum absolute atomic E-state index is 14.7. The highest BCUT2D eigenvalue weighted by Crippen LogP contribution is 2.42. The van der Waals surface area contributed by atoms with E-state index in [-0.39, 0.29) is 70.1 Å². The van der Waals surface area contributed by atoms with Gasteiger partial charge in [-0.2, -0.15) is 0 Å². The summed E-state index contributed by atoms with van der Waals surface area (Å²) in [6, 6.07) is 31.9. The van der Waals surface area contributed by atoms with Gasteiger partial charge in [-0.25, -0.2) is 14.4 Å². The fourth-order valence-corrected chi connectivity index (χ4v) is 12.5. The largest absolute Gasteiger partial charge is 0.483 e. The maximum atomic E-state index is 14.7. The van der Waals surface area contributed by atoms with Crippen molar-refractivity contribution in [1.29, 1.82) is 5.41 Å². The number of aliphatic hydroxyl groups is 2. The van der Waals surface area contributed by atoms with Crippen molar-refractivity contribution >= 4 is 51.9 Å². The lowest BCUT2D eigenvalue weighted by Gasteiger charge is -2.35. The summed E-state index contributed by atoms with van der Waals surface area (Å²) >= 11 is 1.44. The average molecular weight is 1210 g/mol. The van der Waals surface area contributed by atoms with Crippen molar-refractivity contribution < 1.29 is 43.3 Å². The highest BCUT2D eigenvalue weighted by atomic mass is 32.1. The molecule has 2 saturated carbocycles. The summed E-state index contributed by atoms with van der Waals surface area (Å²) in [5.74, 6) is 4.38.